The van der Waals surface area contributed by atoms with Gasteiger partial charge in [-0.1, -0.05) is 60.7 Å². The number of carbonyl (C=O) groups is 2. The summed E-state index contributed by atoms with van der Waals surface area (Å²) in [5.41, 5.74) is 1.88. The number of halogens is 1. The van der Waals surface area contributed by atoms with Crippen molar-refractivity contribution in [3.63, 3.8) is 0 Å². The average molecular weight is 600 g/mol. The lowest BCUT2D eigenvalue weighted by Crippen LogP contribution is -2.45. The quantitative estimate of drug-likeness (QED) is 0.192. The van der Waals surface area contributed by atoms with E-state index in [1.165, 1.54) is 19.2 Å². The molecule has 7 nitrogen and oxygen atoms in total. The molecule has 0 bridgehead atoms. The molecule has 0 radical (unpaired) electrons. The Bertz CT molecular complexity index is 1640. The van der Waals surface area contributed by atoms with Crippen LogP contribution in [0.5, 0.6) is 11.5 Å². The fraction of sp³-hybridized carbons (Fsp3) is 0.333. The summed E-state index contributed by atoms with van der Waals surface area (Å²) in [7, 11) is 1.27. The molecule has 44 heavy (non-hydrogen) atoms. The first-order chi connectivity index (χ1) is 21.0. The number of benzene rings is 4. The Morgan fingerprint density at radius 2 is 1.73 bits per heavy atom. The van der Waals surface area contributed by atoms with Crippen molar-refractivity contribution >= 4 is 22.8 Å². The highest BCUT2D eigenvalue weighted by molar-refractivity contribution is 5.86. The number of amides is 1. The van der Waals surface area contributed by atoms with Crippen molar-refractivity contribution in [1.29, 1.82) is 0 Å². The third-order valence-electron chi connectivity index (χ3n) is 7.74. The van der Waals surface area contributed by atoms with Gasteiger partial charge in [0.2, 0.25) is 0 Å². The van der Waals surface area contributed by atoms with Crippen molar-refractivity contribution in [2.45, 2.75) is 57.8 Å². The van der Waals surface area contributed by atoms with Gasteiger partial charge in [-0.05, 0) is 74.2 Å². The SMILES string of the molecule is COC(=O)COc1cc(F)cc(C2CC(CN(C(=O)OC(C)(C)C)C(C)c3cccc4ccccc34)Oc3ccccc32)c1. The minimum Gasteiger partial charge on any atom is -0.488 e. The van der Waals surface area contributed by atoms with Crippen molar-refractivity contribution in [2.24, 2.45) is 0 Å². The van der Waals surface area contributed by atoms with E-state index >= 15 is 0 Å². The molecule has 0 aliphatic carbocycles. The summed E-state index contributed by atoms with van der Waals surface area (Å²) in [5, 5.41) is 2.14. The second kappa shape index (κ2) is 13.0. The lowest BCUT2D eigenvalue weighted by Gasteiger charge is -2.38. The lowest BCUT2D eigenvalue weighted by molar-refractivity contribution is -0.142. The molecule has 0 aromatic heterocycles. The number of esters is 1. The van der Waals surface area contributed by atoms with Gasteiger partial charge >= 0.3 is 12.1 Å². The maximum absolute atomic E-state index is 14.9. The van der Waals surface area contributed by atoms with E-state index in [2.05, 4.69) is 22.9 Å². The smallest absolute Gasteiger partial charge is 0.410 e. The van der Waals surface area contributed by atoms with Gasteiger partial charge in [-0.2, -0.15) is 0 Å². The van der Waals surface area contributed by atoms with E-state index < -0.39 is 29.6 Å². The summed E-state index contributed by atoms with van der Waals surface area (Å²) in [6.45, 7) is 7.45. The number of hydrogen-bond donors (Lipinski definition) is 0. The van der Waals surface area contributed by atoms with Gasteiger partial charge in [-0.3, -0.25) is 4.90 Å². The van der Waals surface area contributed by atoms with Gasteiger partial charge in [-0.25, -0.2) is 14.0 Å². The Morgan fingerprint density at radius 3 is 2.50 bits per heavy atom. The number of nitrogens with zero attached hydrogens (tertiary/aromatic N) is 1. The second-order valence-corrected chi connectivity index (χ2v) is 12.0. The monoisotopic (exact) mass is 599 g/mol. The van der Waals surface area contributed by atoms with E-state index in [1.54, 1.807) is 11.0 Å². The molecule has 3 atom stereocenters. The zero-order valence-electron chi connectivity index (χ0n) is 25.7. The molecule has 4 aromatic rings. The van der Waals surface area contributed by atoms with Crippen LogP contribution in [0.4, 0.5) is 9.18 Å². The molecule has 0 N–H and O–H groups in total. The van der Waals surface area contributed by atoms with Crippen molar-refractivity contribution in [3.05, 3.63) is 107 Å². The van der Waals surface area contributed by atoms with E-state index in [-0.39, 0.29) is 30.9 Å². The number of rotatable bonds is 8. The van der Waals surface area contributed by atoms with Gasteiger partial charge < -0.3 is 18.9 Å². The summed E-state index contributed by atoms with van der Waals surface area (Å²) in [6.07, 6.45) is -0.401. The minimum absolute atomic E-state index is 0.228. The van der Waals surface area contributed by atoms with E-state index in [9.17, 15) is 14.0 Å². The number of carbonyl (C=O) groups excluding carboxylic acids is 2. The Kier molecular flexibility index (Phi) is 9.09. The highest BCUT2D eigenvalue weighted by Crippen LogP contribution is 2.42. The number of methoxy groups -OCH3 is 1. The van der Waals surface area contributed by atoms with Crippen molar-refractivity contribution in [2.75, 3.05) is 20.3 Å². The van der Waals surface area contributed by atoms with E-state index in [0.717, 1.165) is 21.9 Å². The van der Waals surface area contributed by atoms with Gasteiger partial charge in [0.25, 0.3) is 0 Å². The second-order valence-electron chi connectivity index (χ2n) is 12.0. The summed E-state index contributed by atoms with van der Waals surface area (Å²) >= 11 is 0. The van der Waals surface area contributed by atoms with Crippen molar-refractivity contribution in [1.82, 2.24) is 4.90 Å². The molecule has 5 rings (SSSR count). The molecule has 1 aliphatic rings. The fourth-order valence-corrected chi connectivity index (χ4v) is 5.70. The standard InChI is InChI=1S/C36H38FNO6/c1-23(29-15-10-12-24-11-6-7-13-30(24)29)38(35(40)44-36(2,3)4)21-28-20-32(31-14-8-9-16-33(31)43-28)25-17-26(37)19-27(18-25)42-22-34(39)41-5/h6-19,23,28,32H,20-22H2,1-5H3. The number of hydrogen-bond acceptors (Lipinski definition) is 6. The normalized spacial score (nSPS) is 16.8. The molecule has 1 heterocycles. The van der Waals surface area contributed by atoms with E-state index in [1.807, 2.05) is 76.2 Å². The first-order valence-electron chi connectivity index (χ1n) is 14.8. The van der Waals surface area contributed by atoms with Gasteiger partial charge in [-0.15, -0.1) is 0 Å². The predicted octanol–water partition coefficient (Wildman–Crippen LogP) is 7.81. The molecular formula is C36H38FNO6. The minimum atomic E-state index is -0.696. The molecule has 0 fully saturated rings. The van der Waals surface area contributed by atoms with Crippen LogP contribution in [0.2, 0.25) is 0 Å². The largest absolute Gasteiger partial charge is 0.488 e. The Balaban J connectivity index is 1.48. The van der Waals surface area contributed by atoms with Crippen LogP contribution in [0.15, 0.2) is 84.9 Å². The lowest BCUT2D eigenvalue weighted by atomic mass is 9.83. The van der Waals surface area contributed by atoms with Crippen LogP contribution in [0, 0.1) is 5.82 Å². The summed E-state index contributed by atoms with van der Waals surface area (Å²) in [4.78, 5) is 27.1. The highest BCUT2D eigenvalue weighted by Gasteiger charge is 2.35. The van der Waals surface area contributed by atoms with Gasteiger partial charge in [0.1, 0.15) is 29.0 Å². The highest BCUT2D eigenvalue weighted by atomic mass is 19.1. The first-order valence-corrected chi connectivity index (χ1v) is 14.8. The van der Waals surface area contributed by atoms with Crippen LogP contribution < -0.4 is 9.47 Å². The summed E-state index contributed by atoms with van der Waals surface area (Å²) < 4.78 is 37.4. The third-order valence-corrected chi connectivity index (χ3v) is 7.74. The summed E-state index contributed by atoms with van der Waals surface area (Å²) in [5.74, 6) is -0.407. The van der Waals surface area contributed by atoms with Crippen LogP contribution in [-0.2, 0) is 14.3 Å². The Hall–Kier alpha value is -4.59. The fourth-order valence-electron chi connectivity index (χ4n) is 5.70. The molecule has 3 unspecified atom stereocenters. The Labute approximate surface area is 257 Å². The number of ether oxygens (including phenoxy) is 4. The molecule has 4 aromatic carbocycles. The number of para-hydroxylation sites is 1. The van der Waals surface area contributed by atoms with Crippen LogP contribution >= 0.6 is 0 Å². The zero-order valence-corrected chi connectivity index (χ0v) is 25.7. The van der Waals surface area contributed by atoms with Gasteiger partial charge in [0, 0.05) is 17.5 Å². The summed E-state index contributed by atoms with van der Waals surface area (Å²) in [6, 6.07) is 25.9. The number of fused-ring (bicyclic) bond motifs is 2. The van der Waals surface area contributed by atoms with Crippen molar-refractivity contribution in [3.8, 4) is 11.5 Å². The molecule has 0 saturated carbocycles. The van der Waals surface area contributed by atoms with Gasteiger partial charge in [0.15, 0.2) is 6.61 Å². The van der Waals surface area contributed by atoms with Gasteiger partial charge in [0.05, 0.1) is 19.7 Å². The first kappa shape index (κ1) is 30.9. The van der Waals surface area contributed by atoms with Crippen LogP contribution in [0.25, 0.3) is 10.8 Å². The molecule has 0 saturated heterocycles. The van der Waals surface area contributed by atoms with Crippen LogP contribution in [-0.4, -0.2) is 48.9 Å². The molecule has 0 spiro atoms. The maximum Gasteiger partial charge on any atom is 0.410 e. The third kappa shape index (κ3) is 7.13. The van der Waals surface area contributed by atoms with Crippen molar-refractivity contribution < 1.29 is 32.9 Å². The molecule has 1 aliphatic heterocycles. The molecule has 1 amide bonds. The molecule has 8 heteroatoms. The maximum atomic E-state index is 14.9. The van der Waals surface area contributed by atoms with E-state index in [4.69, 9.17) is 14.2 Å². The van der Waals surface area contributed by atoms with Crippen LogP contribution in [0.3, 0.4) is 0 Å². The average Bonchev–Trinajstić information content (AvgIpc) is 3.00. The topological polar surface area (TPSA) is 74.3 Å². The Morgan fingerprint density at radius 1 is 1.00 bits per heavy atom. The van der Waals surface area contributed by atoms with Crippen LogP contribution in [0.1, 0.15) is 62.8 Å². The molecule has 230 valence electrons. The zero-order chi connectivity index (χ0) is 31.4. The van der Waals surface area contributed by atoms with E-state index in [0.29, 0.717) is 17.7 Å². The predicted molar refractivity (Wildman–Crippen MR) is 167 cm³/mol. The molecular weight excluding hydrogens is 561 g/mol.